The van der Waals surface area contributed by atoms with E-state index in [-0.39, 0.29) is 24.8 Å². The minimum atomic E-state index is -0.222. The first-order chi connectivity index (χ1) is 10.2. The van der Waals surface area contributed by atoms with Crippen molar-refractivity contribution in [3.63, 3.8) is 0 Å². The van der Waals surface area contributed by atoms with Gasteiger partial charge in [0.2, 0.25) is 0 Å². The number of aliphatic hydroxyl groups excluding tert-OH is 1. The average Bonchev–Trinajstić information content (AvgIpc) is 2.51. The van der Waals surface area contributed by atoms with Crippen molar-refractivity contribution in [1.29, 1.82) is 0 Å². The van der Waals surface area contributed by atoms with Gasteiger partial charge in [0.1, 0.15) is 12.1 Å². The van der Waals surface area contributed by atoms with E-state index in [2.05, 4.69) is 5.32 Å². The molecule has 1 amide bonds. The van der Waals surface area contributed by atoms with Gasteiger partial charge in [0.05, 0.1) is 6.61 Å². The molecular weight excluding hydrogens is 270 g/mol. The molecule has 0 aliphatic heterocycles. The second-order valence-corrected chi connectivity index (χ2v) is 4.77. The van der Waals surface area contributed by atoms with Gasteiger partial charge in [0.15, 0.2) is 0 Å². The number of aldehydes is 1. The zero-order valence-corrected chi connectivity index (χ0v) is 12.0. The second kappa shape index (κ2) is 9.83. The van der Waals surface area contributed by atoms with Crippen LogP contribution in [0.4, 0.5) is 0 Å². The molecule has 1 aromatic rings. The van der Waals surface area contributed by atoms with Crippen molar-refractivity contribution in [3.05, 3.63) is 35.4 Å². The van der Waals surface area contributed by atoms with Crippen LogP contribution in [0.25, 0.3) is 0 Å². The second-order valence-electron chi connectivity index (χ2n) is 4.77. The number of rotatable bonds is 10. The highest BCUT2D eigenvalue weighted by Gasteiger charge is 2.06. The van der Waals surface area contributed by atoms with Gasteiger partial charge < -0.3 is 15.2 Å². The molecule has 5 nitrogen and oxygen atoms in total. The van der Waals surface area contributed by atoms with Crippen LogP contribution in [0.3, 0.4) is 0 Å². The summed E-state index contributed by atoms with van der Waals surface area (Å²) in [6.45, 7) is 0.145. The molecule has 0 fully saturated rings. The fourth-order valence-electron chi connectivity index (χ4n) is 1.89. The molecule has 0 atom stereocenters. The quantitative estimate of drug-likeness (QED) is 0.502. The van der Waals surface area contributed by atoms with Crippen LogP contribution in [0.5, 0.6) is 0 Å². The lowest BCUT2D eigenvalue weighted by Gasteiger charge is -2.05. The first kappa shape index (κ1) is 17.0. The lowest BCUT2D eigenvalue weighted by Crippen LogP contribution is -2.26. The molecule has 1 rings (SSSR count). The van der Waals surface area contributed by atoms with Crippen LogP contribution in [0.2, 0.25) is 0 Å². The van der Waals surface area contributed by atoms with Crippen molar-refractivity contribution in [1.82, 2.24) is 5.32 Å². The maximum Gasteiger partial charge on any atom is 0.251 e. The van der Waals surface area contributed by atoms with Gasteiger partial charge in [0, 0.05) is 31.4 Å². The Morgan fingerprint density at radius 3 is 2.48 bits per heavy atom. The Hall–Kier alpha value is -2.01. The fraction of sp³-hybridized carbons (Fsp3) is 0.438. The topological polar surface area (TPSA) is 83.5 Å². The molecule has 2 N–H and O–H groups in total. The number of ketones is 1. The number of aliphatic hydroxyl groups is 1. The molecule has 0 aromatic heterocycles. The van der Waals surface area contributed by atoms with E-state index >= 15 is 0 Å². The SMILES string of the molecule is O=CCCCC(=O)CCc1ccc(C(=O)NCCO)cc1. The van der Waals surface area contributed by atoms with Crippen molar-refractivity contribution < 1.29 is 19.5 Å². The molecule has 0 aliphatic rings. The molecule has 0 saturated carbocycles. The number of aryl methyl sites for hydroxylation is 1. The summed E-state index contributed by atoms with van der Waals surface area (Å²) in [4.78, 5) is 33.4. The molecule has 0 radical (unpaired) electrons. The molecule has 5 heteroatoms. The van der Waals surface area contributed by atoms with Crippen molar-refractivity contribution in [2.75, 3.05) is 13.2 Å². The van der Waals surface area contributed by atoms with Crippen molar-refractivity contribution in [2.24, 2.45) is 0 Å². The predicted molar refractivity (Wildman–Crippen MR) is 79.1 cm³/mol. The Morgan fingerprint density at radius 2 is 1.86 bits per heavy atom. The van der Waals surface area contributed by atoms with Crippen LogP contribution in [-0.2, 0) is 16.0 Å². The lowest BCUT2D eigenvalue weighted by atomic mass is 10.0. The van der Waals surface area contributed by atoms with Crippen LogP contribution < -0.4 is 5.32 Å². The van der Waals surface area contributed by atoms with Gasteiger partial charge in [-0.15, -0.1) is 0 Å². The number of carbonyl (C=O) groups excluding carboxylic acids is 3. The number of Topliss-reactive ketones (excluding diaryl/α,β-unsaturated/α-hetero) is 1. The van der Waals surface area contributed by atoms with E-state index < -0.39 is 0 Å². The Morgan fingerprint density at radius 1 is 1.14 bits per heavy atom. The number of hydrogen-bond donors (Lipinski definition) is 2. The maximum atomic E-state index is 11.6. The zero-order chi connectivity index (χ0) is 15.5. The third-order valence-corrected chi connectivity index (χ3v) is 3.08. The minimum Gasteiger partial charge on any atom is -0.395 e. The highest BCUT2D eigenvalue weighted by atomic mass is 16.3. The van der Waals surface area contributed by atoms with Crippen LogP contribution in [0.1, 0.15) is 41.6 Å². The first-order valence-electron chi connectivity index (χ1n) is 7.10. The number of benzene rings is 1. The van der Waals surface area contributed by atoms with Crippen molar-refractivity contribution >= 4 is 18.0 Å². The van der Waals surface area contributed by atoms with Crippen molar-refractivity contribution in [3.8, 4) is 0 Å². The number of carbonyl (C=O) groups is 3. The third-order valence-electron chi connectivity index (χ3n) is 3.08. The summed E-state index contributed by atoms with van der Waals surface area (Å²) >= 11 is 0. The Bertz CT molecular complexity index is 468. The fourth-order valence-corrected chi connectivity index (χ4v) is 1.89. The largest absolute Gasteiger partial charge is 0.395 e. The molecule has 0 saturated heterocycles. The Kier molecular flexibility index (Phi) is 7.97. The highest BCUT2D eigenvalue weighted by Crippen LogP contribution is 2.08. The summed E-state index contributed by atoms with van der Waals surface area (Å²) in [7, 11) is 0. The summed E-state index contributed by atoms with van der Waals surface area (Å²) in [5, 5.41) is 11.2. The van der Waals surface area contributed by atoms with Crippen LogP contribution in [0.15, 0.2) is 24.3 Å². The molecule has 0 spiro atoms. The lowest BCUT2D eigenvalue weighted by molar-refractivity contribution is -0.119. The van der Waals surface area contributed by atoms with E-state index in [9.17, 15) is 14.4 Å². The average molecular weight is 291 g/mol. The van der Waals surface area contributed by atoms with Gasteiger partial charge in [0.25, 0.3) is 5.91 Å². The number of unbranched alkanes of at least 4 members (excludes halogenated alkanes) is 1. The van der Waals surface area contributed by atoms with Crippen LogP contribution >= 0.6 is 0 Å². The molecular formula is C16H21NO4. The van der Waals surface area contributed by atoms with Gasteiger partial charge in [-0.3, -0.25) is 9.59 Å². The van der Waals surface area contributed by atoms with Gasteiger partial charge in [-0.2, -0.15) is 0 Å². The van der Waals surface area contributed by atoms with E-state index in [1.807, 2.05) is 12.1 Å². The van der Waals surface area contributed by atoms with E-state index in [4.69, 9.17) is 5.11 Å². The predicted octanol–water partition coefficient (Wildman–Crippen LogP) is 1.28. The molecule has 1 aromatic carbocycles. The Balaban J connectivity index is 2.38. The summed E-state index contributed by atoms with van der Waals surface area (Å²) < 4.78 is 0. The molecule has 0 bridgehead atoms. The van der Waals surface area contributed by atoms with Gasteiger partial charge in [-0.05, 0) is 30.5 Å². The van der Waals surface area contributed by atoms with Crippen LogP contribution in [-0.4, -0.2) is 36.2 Å². The normalized spacial score (nSPS) is 10.1. The van der Waals surface area contributed by atoms with E-state index in [0.29, 0.717) is 37.7 Å². The zero-order valence-electron chi connectivity index (χ0n) is 12.0. The minimum absolute atomic E-state index is 0.0873. The number of nitrogens with one attached hydrogen (secondary N) is 1. The molecule has 0 heterocycles. The van der Waals surface area contributed by atoms with Crippen LogP contribution in [0, 0.1) is 0 Å². The first-order valence-corrected chi connectivity index (χ1v) is 7.10. The molecule has 114 valence electrons. The summed E-state index contributed by atoms with van der Waals surface area (Å²) in [6.07, 6.45) is 3.41. The number of hydrogen-bond acceptors (Lipinski definition) is 4. The Labute approximate surface area is 124 Å². The smallest absolute Gasteiger partial charge is 0.251 e. The van der Waals surface area contributed by atoms with E-state index in [1.165, 1.54) is 0 Å². The van der Waals surface area contributed by atoms with Crippen molar-refractivity contribution in [2.45, 2.75) is 32.1 Å². The van der Waals surface area contributed by atoms with Gasteiger partial charge in [-0.1, -0.05) is 12.1 Å². The maximum absolute atomic E-state index is 11.6. The summed E-state index contributed by atoms with van der Waals surface area (Å²) in [6, 6.07) is 7.07. The summed E-state index contributed by atoms with van der Waals surface area (Å²) in [5.74, 6) is -0.0674. The number of amides is 1. The molecule has 0 aliphatic carbocycles. The van der Waals surface area contributed by atoms with Gasteiger partial charge in [-0.25, -0.2) is 0 Å². The summed E-state index contributed by atoms with van der Waals surface area (Å²) in [5.41, 5.74) is 1.53. The highest BCUT2D eigenvalue weighted by molar-refractivity contribution is 5.94. The third kappa shape index (κ3) is 6.81. The standard InChI is InChI=1S/C16H21NO4/c18-11-2-1-3-15(20)9-6-13-4-7-14(8-5-13)16(21)17-10-12-19/h4-5,7-8,11,19H,1-3,6,9-10,12H2,(H,17,21). The monoisotopic (exact) mass is 291 g/mol. The van der Waals surface area contributed by atoms with E-state index in [0.717, 1.165) is 11.8 Å². The van der Waals surface area contributed by atoms with Gasteiger partial charge >= 0.3 is 0 Å². The molecule has 0 unspecified atom stereocenters. The van der Waals surface area contributed by atoms with E-state index in [1.54, 1.807) is 12.1 Å². The molecule has 21 heavy (non-hydrogen) atoms.